The summed E-state index contributed by atoms with van der Waals surface area (Å²) in [5, 5.41) is 8.78. The fourth-order valence-electron chi connectivity index (χ4n) is 2.00. The fourth-order valence-corrected chi connectivity index (χ4v) is 2.27. The largest absolute Gasteiger partial charge is 0.481 e. The van der Waals surface area contributed by atoms with E-state index in [0.29, 0.717) is 6.42 Å². The first kappa shape index (κ1) is 18.0. The van der Waals surface area contributed by atoms with Gasteiger partial charge in [0.05, 0.1) is 12.3 Å². The van der Waals surface area contributed by atoms with Crippen molar-refractivity contribution in [2.24, 2.45) is 11.8 Å². The van der Waals surface area contributed by atoms with E-state index in [1.54, 1.807) is 0 Å². The zero-order valence-corrected chi connectivity index (χ0v) is 12.1. The topological polar surface area (TPSA) is 101 Å². The van der Waals surface area contributed by atoms with E-state index in [1.807, 2.05) is 6.92 Å². The maximum absolute atomic E-state index is 11.6. The highest BCUT2D eigenvalue weighted by Gasteiger charge is 2.27. The molecule has 0 amide bonds. The lowest BCUT2D eigenvalue weighted by molar-refractivity contribution is -0.146. The van der Waals surface area contributed by atoms with Gasteiger partial charge in [-0.3, -0.25) is 14.1 Å². The van der Waals surface area contributed by atoms with Crippen LogP contribution in [0.1, 0.15) is 52.4 Å². The summed E-state index contributed by atoms with van der Waals surface area (Å²) >= 11 is -2.70. The first-order valence-corrected chi connectivity index (χ1v) is 7.48. The summed E-state index contributed by atoms with van der Waals surface area (Å²) < 4.78 is 23.2. The normalized spacial score (nSPS) is 15.5. The van der Waals surface area contributed by atoms with E-state index in [0.717, 1.165) is 25.7 Å². The molecule has 19 heavy (non-hydrogen) atoms. The summed E-state index contributed by atoms with van der Waals surface area (Å²) in [7, 11) is 0. The molecule has 3 atom stereocenters. The van der Waals surface area contributed by atoms with Gasteiger partial charge in [0.25, 0.3) is 0 Å². The van der Waals surface area contributed by atoms with E-state index in [4.69, 9.17) is 9.66 Å². The summed E-state index contributed by atoms with van der Waals surface area (Å²) in [5.41, 5.74) is 0. The van der Waals surface area contributed by atoms with Crippen molar-refractivity contribution < 1.29 is 27.6 Å². The smallest absolute Gasteiger partial charge is 0.360 e. The number of carbonyl (C=O) groups excluding carboxylic acids is 1. The van der Waals surface area contributed by atoms with Crippen LogP contribution in [0.2, 0.25) is 0 Å². The minimum Gasteiger partial charge on any atom is -0.481 e. The Labute approximate surface area is 116 Å². The summed E-state index contributed by atoms with van der Waals surface area (Å²) in [6, 6.07) is 0. The predicted molar refractivity (Wildman–Crippen MR) is 70.5 cm³/mol. The number of hydrogen-bond acceptors (Lipinski definition) is 4. The van der Waals surface area contributed by atoms with Crippen molar-refractivity contribution in [1.29, 1.82) is 0 Å². The van der Waals surface area contributed by atoms with Gasteiger partial charge in [-0.15, -0.1) is 0 Å². The highest BCUT2D eigenvalue weighted by Crippen LogP contribution is 2.24. The van der Waals surface area contributed by atoms with Crippen molar-refractivity contribution in [3.8, 4) is 0 Å². The molecular weight excluding hydrogens is 272 g/mol. The maximum Gasteiger partial charge on any atom is 0.360 e. The van der Waals surface area contributed by atoms with Crippen LogP contribution < -0.4 is 0 Å². The molecule has 6 nitrogen and oxygen atoms in total. The lowest BCUT2D eigenvalue weighted by Gasteiger charge is -2.19. The standard InChI is InChI=1S/C12H22O6S/c1-3-5-6-9(4-2)7-10(8-11(13)14)12(15)18-19(16)17/h9-10H,3-8H2,1-2H3,(H,13,14)(H,16,17). The third kappa shape index (κ3) is 8.72. The van der Waals surface area contributed by atoms with Crippen molar-refractivity contribution in [1.82, 2.24) is 0 Å². The molecule has 0 saturated heterocycles. The average Bonchev–Trinajstić information content (AvgIpc) is 2.31. The second-order valence-corrected chi connectivity index (χ2v) is 5.17. The minimum absolute atomic E-state index is 0.226. The maximum atomic E-state index is 11.6. The number of rotatable bonds is 10. The molecule has 0 bridgehead atoms. The van der Waals surface area contributed by atoms with Gasteiger partial charge in [0.15, 0.2) is 0 Å². The number of carboxylic acid groups (broad SMARTS) is 1. The van der Waals surface area contributed by atoms with Crippen LogP contribution in [-0.4, -0.2) is 25.8 Å². The quantitative estimate of drug-likeness (QED) is 0.600. The second-order valence-electron chi connectivity index (χ2n) is 4.57. The number of carboxylic acids is 1. The first-order chi connectivity index (χ1) is 8.90. The Kier molecular flexibility index (Phi) is 9.42. The van der Waals surface area contributed by atoms with Crippen LogP contribution in [0, 0.1) is 11.8 Å². The summed E-state index contributed by atoms with van der Waals surface area (Å²) in [5.74, 6) is -2.67. The molecule has 112 valence electrons. The lowest BCUT2D eigenvalue weighted by Crippen LogP contribution is -2.24. The monoisotopic (exact) mass is 294 g/mol. The van der Waals surface area contributed by atoms with Crippen molar-refractivity contribution in [3.05, 3.63) is 0 Å². The Morgan fingerprint density at radius 1 is 1.32 bits per heavy atom. The molecule has 0 aromatic carbocycles. The van der Waals surface area contributed by atoms with Crippen LogP contribution in [-0.2, 0) is 25.1 Å². The van der Waals surface area contributed by atoms with Gasteiger partial charge in [0, 0.05) is 0 Å². The van der Waals surface area contributed by atoms with E-state index < -0.39 is 29.2 Å². The Hall–Kier alpha value is -0.950. The van der Waals surface area contributed by atoms with Crippen LogP contribution in [0.25, 0.3) is 0 Å². The van der Waals surface area contributed by atoms with Gasteiger partial charge in [-0.1, -0.05) is 39.5 Å². The third-order valence-corrected chi connectivity index (χ3v) is 3.38. The molecule has 0 saturated carbocycles. The number of hydrogen-bond donors (Lipinski definition) is 2. The van der Waals surface area contributed by atoms with Gasteiger partial charge >= 0.3 is 23.3 Å². The zero-order valence-electron chi connectivity index (χ0n) is 11.3. The summed E-state index contributed by atoms with van der Waals surface area (Å²) in [6.07, 6.45) is 3.80. The first-order valence-electron chi connectivity index (χ1n) is 6.45. The molecule has 3 unspecified atom stereocenters. The SMILES string of the molecule is CCCCC(CC)CC(CC(=O)O)C(=O)OS(=O)O. The molecule has 0 aromatic rings. The molecule has 2 N–H and O–H groups in total. The molecular formula is C12H22O6S. The van der Waals surface area contributed by atoms with E-state index in [1.165, 1.54) is 0 Å². The van der Waals surface area contributed by atoms with Gasteiger partial charge in [0.2, 0.25) is 0 Å². The number of unbranched alkanes of at least 4 members (excludes halogenated alkanes) is 1. The molecule has 0 radical (unpaired) electrons. The van der Waals surface area contributed by atoms with Crippen LogP contribution >= 0.6 is 0 Å². The van der Waals surface area contributed by atoms with Gasteiger partial charge in [0.1, 0.15) is 0 Å². The van der Waals surface area contributed by atoms with Crippen LogP contribution in [0.15, 0.2) is 0 Å². The Morgan fingerprint density at radius 3 is 2.37 bits per heavy atom. The Morgan fingerprint density at radius 2 is 1.95 bits per heavy atom. The molecule has 0 spiro atoms. The van der Waals surface area contributed by atoms with E-state index in [2.05, 4.69) is 11.1 Å². The molecule has 7 heteroatoms. The number of aliphatic carboxylic acids is 1. The van der Waals surface area contributed by atoms with E-state index in [9.17, 15) is 13.8 Å². The van der Waals surface area contributed by atoms with Crippen LogP contribution in [0.3, 0.4) is 0 Å². The van der Waals surface area contributed by atoms with Crippen molar-refractivity contribution in [2.75, 3.05) is 0 Å². The van der Waals surface area contributed by atoms with Gasteiger partial charge in [-0.05, 0) is 12.3 Å². The van der Waals surface area contributed by atoms with E-state index >= 15 is 0 Å². The van der Waals surface area contributed by atoms with Crippen molar-refractivity contribution in [3.63, 3.8) is 0 Å². The van der Waals surface area contributed by atoms with Crippen LogP contribution in [0.5, 0.6) is 0 Å². The fraction of sp³-hybridized carbons (Fsp3) is 0.833. The van der Waals surface area contributed by atoms with Crippen LogP contribution in [0.4, 0.5) is 0 Å². The molecule has 0 heterocycles. The summed E-state index contributed by atoms with van der Waals surface area (Å²) in [4.78, 5) is 22.3. The summed E-state index contributed by atoms with van der Waals surface area (Å²) in [6.45, 7) is 4.04. The molecule has 0 aliphatic heterocycles. The molecule has 0 aliphatic rings. The predicted octanol–water partition coefficient (Wildman–Crippen LogP) is 2.36. The molecule has 0 aliphatic carbocycles. The minimum atomic E-state index is -2.70. The zero-order chi connectivity index (χ0) is 14.8. The van der Waals surface area contributed by atoms with Crippen molar-refractivity contribution >= 4 is 23.3 Å². The third-order valence-electron chi connectivity index (χ3n) is 3.07. The van der Waals surface area contributed by atoms with E-state index in [-0.39, 0.29) is 12.3 Å². The number of carbonyl (C=O) groups is 2. The Balaban J connectivity index is 4.59. The molecule has 0 fully saturated rings. The second kappa shape index (κ2) is 9.91. The highest BCUT2D eigenvalue weighted by molar-refractivity contribution is 7.74. The molecule has 0 aromatic heterocycles. The van der Waals surface area contributed by atoms with Crippen molar-refractivity contribution in [2.45, 2.75) is 52.4 Å². The average molecular weight is 294 g/mol. The van der Waals surface area contributed by atoms with Gasteiger partial charge in [-0.2, -0.15) is 4.21 Å². The highest BCUT2D eigenvalue weighted by atomic mass is 32.2. The molecule has 0 rings (SSSR count). The van der Waals surface area contributed by atoms with Gasteiger partial charge in [-0.25, -0.2) is 0 Å². The van der Waals surface area contributed by atoms with Gasteiger partial charge < -0.3 is 9.29 Å². The lowest BCUT2D eigenvalue weighted by atomic mass is 9.87. The Bertz CT molecular complexity index is 317.